The van der Waals surface area contributed by atoms with Crippen molar-refractivity contribution in [2.75, 3.05) is 11.5 Å². The second-order valence-electron chi connectivity index (χ2n) is 4.24. The Kier molecular flexibility index (Phi) is 3.00. The third kappa shape index (κ3) is 2.17. The molecule has 1 aromatic heterocycles. The average molecular weight is 287 g/mol. The van der Waals surface area contributed by atoms with E-state index in [1.807, 2.05) is 12.1 Å². The minimum atomic E-state index is 0.517. The molecule has 7 heteroatoms. The van der Waals surface area contributed by atoms with Crippen LogP contribution in [0, 0.1) is 0 Å². The summed E-state index contributed by atoms with van der Waals surface area (Å²) in [5.74, 6) is 0.532. The van der Waals surface area contributed by atoms with Crippen molar-refractivity contribution in [3.05, 3.63) is 47.5 Å². The zero-order valence-corrected chi connectivity index (χ0v) is 11.1. The Balaban J connectivity index is 2.15. The molecule has 3 rings (SSSR count). The summed E-state index contributed by atoms with van der Waals surface area (Å²) in [5, 5.41) is 12.3. The molecule has 0 fully saturated rings. The summed E-state index contributed by atoms with van der Waals surface area (Å²) in [6, 6.07) is 12.5. The van der Waals surface area contributed by atoms with Crippen LogP contribution >= 0.6 is 11.6 Å². The zero-order valence-electron chi connectivity index (χ0n) is 10.4. The zero-order chi connectivity index (χ0) is 14.1. The molecule has 0 atom stereocenters. The van der Waals surface area contributed by atoms with E-state index >= 15 is 0 Å². The van der Waals surface area contributed by atoms with E-state index in [2.05, 4.69) is 15.5 Å². The highest BCUT2D eigenvalue weighted by atomic mass is 35.5. The molecule has 0 aliphatic rings. The van der Waals surface area contributed by atoms with Gasteiger partial charge in [-0.25, -0.2) is 0 Å². The minimum Gasteiger partial charge on any atom is -0.399 e. The van der Waals surface area contributed by atoms with Gasteiger partial charge in [-0.15, -0.1) is 5.10 Å². The van der Waals surface area contributed by atoms with Gasteiger partial charge in [-0.1, -0.05) is 17.7 Å². The van der Waals surface area contributed by atoms with Crippen LogP contribution in [0.1, 0.15) is 0 Å². The molecular formula is C13H11ClN6. The van der Waals surface area contributed by atoms with Gasteiger partial charge in [0.05, 0.1) is 5.69 Å². The third-order valence-corrected chi connectivity index (χ3v) is 3.07. The molecule has 3 aromatic rings. The Morgan fingerprint density at radius 3 is 2.65 bits per heavy atom. The van der Waals surface area contributed by atoms with Gasteiger partial charge in [0.15, 0.2) is 5.82 Å². The van der Waals surface area contributed by atoms with Crippen LogP contribution in [-0.2, 0) is 0 Å². The third-order valence-electron chi connectivity index (χ3n) is 2.84. The molecule has 0 saturated carbocycles. The van der Waals surface area contributed by atoms with E-state index in [4.69, 9.17) is 23.1 Å². The number of aromatic nitrogens is 4. The molecule has 6 nitrogen and oxygen atoms in total. The molecule has 1 heterocycles. The first-order chi connectivity index (χ1) is 9.65. The van der Waals surface area contributed by atoms with Crippen LogP contribution in [-0.4, -0.2) is 20.2 Å². The maximum Gasteiger partial charge on any atom is 0.189 e. The van der Waals surface area contributed by atoms with E-state index in [0.717, 1.165) is 5.69 Å². The highest BCUT2D eigenvalue weighted by molar-refractivity contribution is 6.30. The quantitative estimate of drug-likeness (QED) is 0.704. The van der Waals surface area contributed by atoms with E-state index in [1.165, 1.54) is 0 Å². The van der Waals surface area contributed by atoms with Crippen molar-refractivity contribution in [1.29, 1.82) is 0 Å². The summed E-state index contributed by atoms with van der Waals surface area (Å²) >= 11 is 5.99. The molecule has 0 amide bonds. The van der Waals surface area contributed by atoms with Crippen LogP contribution in [0.15, 0.2) is 42.5 Å². The van der Waals surface area contributed by atoms with Gasteiger partial charge in [-0.05, 0) is 46.8 Å². The topological polar surface area (TPSA) is 95.6 Å². The molecule has 0 bridgehead atoms. The van der Waals surface area contributed by atoms with E-state index < -0.39 is 0 Å². The summed E-state index contributed by atoms with van der Waals surface area (Å²) in [7, 11) is 0. The lowest BCUT2D eigenvalue weighted by molar-refractivity contribution is 0.791. The highest BCUT2D eigenvalue weighted by Crippen LogP contribution is 2.27. The van der Waals surface area contributed by atoms with Crippen LogP contribution in [0.4, 0.5) is 11.4 Å². The number of nitrogens with two attached hydrogens (primary N) is 2. The molecule has 100 valence electrons. The second kappa shape index (κ2) is 4.82. The predicted molar refractivity (Wildman–Crippen MR) is 78.4 cm³/mol. The second-order valence-corrected chi connectivity index (χ2v) is 4.68. The van der Waals surface area contributed by atoms with Crippen molar-refractivity contribution in [3.63, 3.8) is 0 Å². The van der Waals surface area contributed by atoms with E-state index in [0.29, 0.717) is 27.8 Å². The van der Waals surface area contributed by atoms with Gasteiger partial charge < -0.3 is 11.5 Å². The largest absolute Gasteiger partial charge is 0.399 e. The molecule has 20 heavy (non-hydrogen) atoms. The van der Waals surface area contributed by atoms with Crippen LogP contribution in [0.3, 0.4) is 0 Å². The van der Waals surface area contributed by atoms with Crippen molar-refractivity contribution in [3.8, 4) is 17.1 Å². The molecule has 0 spiro atoms. The van der Waals surface area contributed by atoms with Crippen LogP contribution < -0.4 is 11.5 Å². The number of tetrazole rings is 1. The fourth-order valence-corrected chi connectivity index (χ4v) is 2.11. The number of anilines is 2. The Labute approximate surface area is 120 Å². The number of benzene rings is 2. The minimum absolute atomic E-state index is 0.517. The van der Waals surface area contributed by atoms with Gasteiger partial charge in [0.2, 0.25) is 0 Å². The van der Waals surface area contributed by atoms with Crippen molar-refractivity contribution in [1.82, 2.24) is 20.2 Å². The monoisotopic (exact) mass is 286 g/mol. The van der Waals surface area contributed by atoms with E-state index in [1.54, 1.807) is 35.0 Å². The van der Waals surface area contributed by atoms with Gasteiger partial charge in [-0.3, -0.25) is 0 Å². The van der Waals surface area contributed by atoms with Crippen molar-refractivity contribution < 1.29 is 0 Å². The number of nitrogens with zero attached hydrogens (tertiary/aromatic N) is 4. The fourth-order valence-electron chi connectivity index (χ4n) is 1.92. The molecular weight excluding hydrogens is 276 g/mol. The number of hydrogen-bond acceptors (Lipinski definition) is 5. The predicted octanol–water partition coefficient (Wildman–Crippen LogP) is 2.15. The van der Waals surface area contributed by atoms with E-state index in [9.17, 15) is 0 Å². The van der Waals surface area contributed by atoms with Crippen molar-refractivity contribution in [2.45, 2.75) is 0 Å². The Morgan fingerprint density at radius 2 is 1.90 bits per heavy atom. The normalized spacial score (nSPS) is 10.7. The Bertz CT molecular complexity index is 767. The van der Waals surface area contributed by atoms with Gasteiger partial charge in [-0.2, -0.15) is 4.68 Å². The van der Waals surface area contributed by atoms with Gasteiger partial charge >= 0.3 is 0 Å². The molecule has 0 radical (unpaired) electrons. The first kappa shape index (κ1) is 12.4. The lowest BCUT2D eigenvalue weighted by Gasteiger charge is -2.07. The Morgan fingerprint density at radius 1 is 1.05 bits per heavy atom. The summed E-state index contributed by atoms with van der Waals surface area (Å²) < 4.78 is 1.58. The number of nitrogen functional groups attached to an aromatic ring is 2. The standard InChI is InChI=1S/C13H11ClN6/c14-8-2-1-3-10(6-8)20-13(17-18-19-20)11-5-4-9(15)7-12(11)16/h1-7H,15-16H2. The lowest BCUT2D eigenvalue weighted by atomic mass is 10.1. The SMILES string of the molecule is Nc1ccc(-c2nnnn2-c2cccc(Cl)c2)c(N)c1. The number of halogens is 1. The summed E-state index contributed by atoms with van der Waals surface area (Å²) in [4.78, 5) is 0. The number of hydrogen-bond donors (Lipinski definition) is 2. The van der Waals surface area contributed by atoms with Crippen molar-refractivity contribution in [2.24, 2.45) is 0 Å². The maximum absolute atomic E-state index is 5.99. The molecule has 0 unspecified atom stereocenters. The van der Waals surface area contributed by atoms with Gasteiger partial charge in [0, 0.05) is 22.0 Å². The number of rotatable bonds is 2. The van der Waals surface area contributed by atoms with Crippen LogP contribution in [0.25, 0.3) is 17.1 Å². The Hall–Kier alpha value is -2.60. The van der Waals surface area contributed by atoms with Crippen molar-refractivity contribution >= 4 is 23.0 Å². The average Bonchev–Trinajstić information content (AvgIpc) is 2.87. The molecule has 2 aromatic carbocycles. The van der Waals surface area contributed by atoms with E-state index in [-0.39, 0.29) is 0 Å². The fraction of sp³-hybridized carbons (Fsp3) is 0. The first-order valence-electron chi connectivity index (χ1n) is 5.85. The van der Waals surface area contributed by atoms with Crippen LogP contribution in [0.2, 0.25) is 5.02 Å². The molecule has 4 N–H and O–H groups in total. The first-order valence-corrected chi connectivity index (χ1v) is 6.22. The summed E-state index contributed by atoms with van der Waals surface area (Å²) in [5.41, 5.74) is 14.2. The van der Waals surface area contributed by atoms with Crippen LogP contribution in [0.5, 0.6) is 0 Å². The summed E-state index contributed by atoms with van der Waals surface area (Å²) in [6.45, 7) is 0. The highest BCUT2D eigenvalue weighted by Gasteiger charge is 2.13. The lowest BCUT2D eigenvalue weighted by Crippen LogP contribution is -2.02. The molecule has 0 aliphatic carbocycles. The van der Waals surface area contributed by atoms with Gasteiger partial charge in [0.25, 0.3) is 0 Å². The molecule has 0 saturated heterocycles. The van der Waals surface area contributed by atoms with Gasteiger partial charge in [0.1, 0.15) is 0 Å². The summed E-state index contributed by atoms with van der Waals surface area (Å²) in [6.07, 6.45) is 0. The smallest absolute Gasteiger partial charge is 0.189 e. The molecule has 0 aliphatic heterocycles. The maximum atomic E-state index is 5.99.